The van der Waals surface area contributed by atoms with Crippen molar-refractivity contribution in [2.45, 2.75) is 33.0 Å². The summed E-state index contributed by atoms with van der Waals surface area (Å²) in [5.74, 6) is -0.0533. The van der Waals surface area contributed by atoms with Crippen molar-refractivity contribution in [1.82, 2.24) is 19.5 Å². The molecule has 0 fully saturated rings. The van der Waals surface area contributed by atoms with Crippen LogP contribution in [0.15, 0.2) is 134 Å². The van der Waals surface area contributed by atoms with Gasteiger partial charge < -0.3 is 9.88 Å². The maximum Gasteiger partial charge on any atom is 0.475 e. The number of phosphoric acid groups is 2. The summed E-state index contributed by atoms with van der Waals surface area (Å²) in [6.45, 7) is -0.242. The molecule has 2 heterocycles. The van der Waals surface area contributed by atoms with Gasteiger partial charge in [-0.05, 0) is 22.3 Å². The molecule has 0 unspecified atom stereocenters. The maximum absolute atomic E-state index is 14.2. The minimum atomic E-state index is -4.17. The lowest BCUT2D eigenvalue weighted by molar-refractivity contribution is 0.0583. The van der Waals surface area contributed by atoms with Gasteiger partial charge in [-0.1, -0.05) is 121 Å². The van der Waals surface area contributed by atoms with Gasteiger partial charge in [0.1, 0.15) is 11.8 Å². The Hall–Kier alpha value is -4.55. The van der Waals surface area contributed by atoms with E-state index in [4.69, 9.17) is 27.1 Å². The summed E-state index contributed by atoms with van der Waals surface area (Å²) < 4.78 is 65.8. The van der Waals surface area contributed by atoms with Gasteiger partial charge in [-0.15, -0.1) is 0 Å². The third kappa shape index (κ3) is 11.5. The number of imidazole rings is 1. The topological polar surface area (TPSA) is 145 Å². The molecule has 2 aromatic heterocycles. The van der Waals surface area contributed by atoms with E-state index >= 15 is 0 Å². The van der Waals surface area contributed by atoms with Crippen LogP contribution in [0.25, 0.3) is 11.2 Å². The Labute approximate surface area is 308 Å². The molecule has 0 atom stereocenters. The van der Waals surface area contributed by atoms with E-state index in [0.29, 0.717) is 17.0 Å². The average Bonchev–Trinajstić information content (AvgIpc) is 3.63. The molecule has 6 rings (SSSR count). The molecule has 15 heteroatoms. The van der Waals surface area contributed by atoms with Crippen molar-refractivity contribution < 1.29 is 36.3 Å². The summed E-state index contributed by atoms with van der Waals surface area (Å²) in [4.78, 5) is 13.2. The number of hydrogen-bond acceptors (Lipinski definition) is 12. The second-order valence-electron chi connectivity index (χ2n) is 11.9. The number of benzene rings is 4. The third-order valence-electron chi connectivity index (χ3n) is 7.96. The molecule has 53 heavy (non-hydrogen) atoms. The number of rotatable bonds is 21. The van der Waals surface area contributed by atoms with Crippen molar-refractivity contribution in [1.29, 1.82) is 0 Å². The van der Waals surface area contributed by atoms with Crippen LogP contribution in [0, 0.1) is 5.92 Å². The van der Waals surface area contributed by atoms with Crippen molar-refractivity contribution in [2.24, 2.45) is 5.92 Å². The van der Waals surface area contributed by atoms with Gasteiger partial charge in [0.15, 0.2) is 11.5 Å². The van der Waals surface area contributed by atoms with Gasteiger partial charge in [-0.3, -0.25) is 27.1 Å². The summed E-state index contributed by atoms with van der Waals surface area (Å²) in [6.07, 6.45) is 3.04. The van der Waals surface area contributed by atoms with Crippen molar-refractivity contribution in [3.8, 4) is 0 Å². The van der Waals surface area contributed by atoms with Crippen LogP contribution in [-0.4, -0.2) is 39.8 Å². The van der Waals surface area contributed by atoms with Crippen molar-refractivity contribution >= 4 is 32.6 Å². The Kier molecular flexibility index (Phi) is 13.7. The van der Waals surface area contributed by atoms with Gasteiger partial charge in [0.2, 0.25) is 0 Å². The molecule has 13 nitrogen and oxygen atoms in total. The highest BCUT2D eigenvalue weighted by atomic mass is 31.2. The highest BCUT2D eigenvalue weighted by Gasteiger charge is 2.33. The van der Waals surface area contributed by atoms with Crippen LogP contribution in [0.3, 0.4) is 0 Å². The van der Waals surface area contributed by atoms with Gasteiger partial charge in [0.25, 0.3) is 0 Å². The molecular weight excluding hydrogens is 716 g/mol. The lowest BCUT2D eigenvalue weighted by Gasteiger charge is -2.24. The van der Waals surface area contributed by atoms with Gasteiger partial charge in [-0.25, -0.2) is 24.1 Å². The molecule has 0 spiro atoms. The van der Waals surface area contributed by atoms with E-state index in [0.717, 1.165) is 22.3 Å². The number of phosphoric ester groups is 2. The van der Waals surface area contributed by atoms with E-state index in [1.54, 1.807) is 17.9 Å². The Morgan fingerprint density at radius 2 is 0.962 bits per heavy atom. The molecule has 1 N–H and O–H groups in total. The Morgan fingerprint density at radius 1 is 0.566 bits per heavy atom. The summed E-state index contributed by atoms with van der Waals surface area (Å²) in [5.41, 5.74) is 4.25. The third-order valence-corrected chi connectivity index (χ3v) is 10.7. The molecule has 0 saturated carbocycles. The van der Waals surface area contributed by atoms with Crippen molar-refractivity contribution in [2.75, 3.05) is 25.6 Å². The summed E-state index contributed by atoms with van der Waals surface area (Å²) >= 11 is 0. The van der Waals surface area contributed by atoms with Crippen molar-refractivity contribution in [3.05, 3.63) is 156 Å². The van der Waals surface area contributed by atoms with E-state index in [-0.39, 0.29) is 46.2 Å². The number of nitrogens with zero attached hydrogens (tertiary/aromatic N) is 4. The molecule has 6 aromatic rings. The first-order chi connectivity index (χ1) is 25.9. The van der Waals surface area contributed by atoms with Gasteiger partial charge >= 0.3 is 15.6 Å². The zero-order valence-corrected chi connectivity index (χ0v) is 31.0. The standard InChI is InChI=1S/C38H41N5O8P2/c1-39-37-36-38(41-29-40-37)43(30-42-36)22-35(27-50-52(44,46-23-31-14-6-2-7-15-31)47-24-32-16-8-3-9-17-32)28-51-53(45,48-25-33-18-10-4-11-19-33)49-26-34-20-12-5-13-21-34/h2-21,29-30,35H,22-28H2,1H3,(H,39,40,41). The fourth-order valence-corrected chi connectivity index (χ4v) is 7.62. The quantitative estimate of drug-likeness (QED) is 0.0702. The predicted molar refractivity (Wildman–Crippen MR) is 200 cm³/mol. The summed E-state index contributed by atoms with van der Waals surface area (Å²) in [6, 6.07) is 37.2. The lowest BCUT2D eigenvalue weighted by Crippen LogP contribution is -2.22. The molecule has 0 saturated heterocycles. The molecule has 0 aliphatic carbocycles. The molecular formula is C38H41N5O8P2. The minimum Gasteiger partial charge on any atom is -0.371 e. The number of hydrogen-bond donors (Lipinski definition) is 1. The number of fused-ring (bicyclic) bond motifs is 1. The summed E-state index contributed by atoms with van der Waals surface area (Å²) in [7, 11) is -6.60. The van der Waals surface area contributed by atoms with Gasteiger partial charge in [-0.2, -0.15) is 0 Å². The van der Waals surface area contributed by atoms with E-state index in [1.165, 1.54) is 6.33 Å². The molecule has 4 aromatic carbocycles. The fourth-order valence-electron chi connectivity index (χ4n) is 5.16. The zero-order chi connectivity index (χ0) is 36.8. The second-order valence-corrected chi connectivity index (χ2v) is 15.3. The monoisotopic (exact) mass is 757 g/mol. The van der Waals surface area contributed by atoms with Crippen LogP contribution < -0.4 is 5.32 Å². The molecule has 0 aliphatic heterocycles. The van der Waals surface area contributed by atoms with Crippen LogP contribution in [0.4, 0.5) is 5.82 Å². The number of nitrogens with one attached hydrogen (secondary N) is 1. The Balaban J connectivity index is 1.23. The molecule has 276 valence electrons. The normalized spacial score (nSPS) is 12.0. The summed E-state index contributed by atoms with van der Waals surface area (Å²) in [5, 5.41) is 3.02. The van der Waals surface area contributed by atoms with E-state index in [9.17, 15) is 9.13 Å². The zero-order valence-electron chi connectivity index (χ0n) is 29.2. The van der Waals surface area contributed by atoms with Crippen LogP contribution in [0.2, 0.25) is 0 Å². The van der Waals surface area contributed by atoms with Gasteiger partial charge in [0.05, 0.1) is 46.0 Å². The first kappa shape index (κ1) is 38.2. The molecule has 0 radical (unpaired) electrons. The number of anilines is 1. The first-order valence-electron chi connectivity index (χ1n) is 17.0. The molecule has 0 aliphatic rings. The van der Waals surface area contributed by atoms with Crippen LogP contribution >= 0.6 is 15.6 Å². The van der Waals surface area contributed by atoms with Crippen LogP contribution in [-0.2, 0) is 69.2 Å². The Morgan fingerprint density at radius 3 is 1.34 bits per heavy atom. The van der Waals surface area contributed by atoms with Crippen LogP contribution in [0.5, 0.6) is 0 Å². The van der Waals surface area contributed by atoms with Gasteiger partial charge in [0, 0.05) is 19.5 Å². The SMILES string of the molecule is CNc1ncnc2c1ncn2CC(COP(=O)(OCc1ccccc1)OCc1ccccc1)COP(=O)(OCc1ccccc1)OCc1ccccc1. The fraction of sp³-hybridized carbons (Fsp3) is 0.237. The number of aromatic nitrogens is 4. The lowest BCUT2D eigenvalue weighted by atomic mass is 10.2. The van der Waals surface area contributed by atoms with Crippen molar-refractivity contribution in [3.63, 3.8) is 0 Å². The molecule has 0 bridgehead atoms. The Bertz CT molecular complexity index is 1890. The highest BCUT2D eigenvalue weighted by Crippen LogP contribution is 2.53. The minimum absolute atomic E-state index is 0.0141. The highest BCUT2D eigenvalue weighted by molar-refractivity contribution is 7.48. The maximum atomic E-state index is 14.2. The van der Waals surface area contributed by atoms with E-state index in [2.05, 4.69) is 20.3 Å². The second kappa shape index (κ2) is 19.0. The van der Waals surface area contributed by atoms with E-state index in [1.807, 2.05) is 121 Å². The average molecular weight is 758 g/mol. The predicted octanol–water partition coefficient (Wildman–Crippen LogP) is 8.60. The first-order valence-corrected chi connectivity index (χ1v) is 19.9. The molecule has 0 amide bonds. The largest absolute Gasteiger partial charge is 0.475 e. The smallest absolute Gasteiger partial charge is 0.371 e. The van der Waals surface area contributed by atoms with Crippen LogP contribution in [0.1, 0.15) is 22.3 Å². The van der Waals surface area contributed by atoms with E-state index < -0.39 is 21.6 Å².